The molecule has 2 aromatic rings. The van der Waals surface area contributed by atoms with E-state index in [0.29, 0.717) is 23.0 Å². The molecule has 0 aliphatic rings. The zero-order valence-electron chi connectivity index (χ0n) is 11.5. The Labute approximate surface area is 132 Å². The van der Waals surface area contributed by atoms with Gasteiger partial charge >= 0.3 is 0 Å². The van der Waals surface area contributed by atoms with E-state index in [1.807, 2.05) is 6.92 Å². The highest BCUT2D eigenvalue weighted by atomic mass is 35.5. The molecule has 0 spiro atoms. The second kappa shape index (κ2) is 7.21. The summed E-state index contributed by atoms with van der Waals surface area (Å²) in [5.41, 5.74) is 1.08. The first-order chi connectivity index (χ1) is 10.0. The van der Waals surface area contributed by atoms with E-state index in [0.717, 1.165) is 17.7 Å². The van der Waals surface area contributed by atoms with Crippen LogP contribution in [0.3, 0.4) is 0 Å². The SMILES string of the molecule is CCNC(Cc1cc(Cl)ccc1Cl)c1cc(F)ccc1F. The summed E-state index contributed by atoms with van der Waals surface area (Å²) in [4.78, 5) is 0. The molecule has 1 nitrogen and oxygen atoms in total. The molecule has 0 bridgehead atoms. The van der Waals surface area contributed by atoms with Crippen LogP contribution in [0.25, 0.3) is 0 Å². The number of rotatable bonds is 5. The molecule has 0 aliphatic carbocycles. The van der Waals surface area contributed by atoms with E-state index in [1.165, 1.54) is 6.07 Å². The second-order valence-electron chi connectivity index (χ2n) is 4.72. The highest BCUT2D eigenvalue weighted by Crippen LogP contribution is 2.27. The first-order valence-electron chi connectivity index (χ1n) is 6.63. The van der Waals surface area contributed by atoms with Gasteiger partial charge in [-0.3, -0.25) is 0 Å². The molecule has 1 N–H and O–H groups in total. The van der Waals surface area contributed by atoms with E-state index in [1.54, 1.807) is 18.2 Å². The summed E-state index contributed by atoms with van der Waals surface area (Å²) in [6, 6.07) is 8.21. The minimum absolute atomic E-state index is 0.285. The number of hydrogen-bond donors (Lipinski definition) is 1. The largest absolute Gasteiger partial charge is 0.310 e. The molecule has 0 aromatic heterocycles. The molecule has 0 radical (unpaired) electrons. The number of halogens is 4. The molecule has 1 unspecified atom stereocenters. The van der Waals surface area contributed by atoms with Crippen LogP contribution in [0.2, 0.25) is 10.0 Å². The van der Waals surface area contributed by atoms with Crippen LogP contribution < -0.4 is 5.32 Å². The van der Waals surface area contributed by atoms with Gasteiger partial charge in [0, 0.05) is 21.7 Å². The number of nitrogens with one attached hydrogen (secondary N) is 1. The summed E-state index contributed by atoms with van der Waals surface area (Å²) in [6.07, 6.45) is 0.424. The van der Waals surface area contributed by atoms with E-state index in [-0.39, 0.29) is 11.6 Å². The monoisotopic (exact) mass is 329 g/mol. The second-order valence-corrected chi connectivity index (χ2v) is 5.56. The van der Waals surface area contributed by atoms with Crippen LogP contribution >= 0.6 is 23.2 Å². The van der Waals surface area contributed by atoms with Crippen molar-refractivity contribution >= 4 is 23.2 Å². The Morgan fingerprint density at radius 3 is 2.57 bits per heavy atom. The van der Waals surface area contributed by atoms with Crippen LogP contribution in [0.1, 0.15) is 24.1 Å². The summed E-state index contributed by atoms with van der Waals surface area (Å²) in [7, 11) is 0. The van der Waals surface area contributed by atoms with Gasteiger partial charge in [0.05, 0.1) is 0 Å². The van der Waals surface area contributed by atoms with Gasteiger partial charge in [-0.2, -0.15) is 0 Å². The van der Waals surface area contributed by atoms with E-state index in [4.69, 9.17) is 23.2 Å². The molecule has 0 fully saturated rings. The fraction of sp³-hybridized carbons (Fsp3) is 0.250. The van der Waals surface area contributed by atoms with Crippen LogP contribution in [-0.4, -0.2) is 6.54 Å². The third kappa shape index (κ3) is 4.16. The van der Waals surface area contributed by atoms with Crippen LogP contribution in [0, 0.1) is 11.6 Å². The fourth-order valence-electron chi connectivity index (χ4n) is 2.24. The molecular formula is C16H15Cl2F2N. The van der Waals surface area contributed by atoms with Crippen LogP contribution in [0.15, 0.2) is 36.4 Å². The topological polar surface area (TPSA) is 12.0 Å². The van der Waals surface area contributed by atoms with E-state index >= 15 is 0 Å². The van der Waals surface area contributed by atoms with Crippen molar-refractivity contribution in [2.45, 2.75) is 19.4 Å². The van der Waals surface area contributed by atoms with E-state index < -0.39 is 11.6 Å². The Bertz CT molecular complexity index is 632. The van der Waals surface area contributed by atoms with Gasteiger partial charge in [0.25, 0.3) is 0 Å². The van der Waals surface area contributed by atoms with Crippen molar-refractivity contribution in [2.75, 3.05) is 6.54 Å². The lowest BCUT2D eigenvalue weighted by Crippen LogP contribution is -2.24. The standard InChI is InChI=1S/C16H15Cl2F2N/c1-2-21-16(13-9-12(19)4-6-15(13)20)8-10-7-11(17)3-5-14(10)18/h3-7,9,16,21H,2,8H2,1H3. The molecule has 0 saturated carbocycles. The van der Waals surface area contributed by atoms with Gasteiger partial charge in [0.2, 0.25) is 0 Å². The first kappa shape index (κ1) is 16.2. The lowest BCUT2D eigenvalue weighted by Gasteiger charge is -2.20. The smallest absolute Gasteiger partial charge is 0.128 e. The Morgan fingerprint density at radius 2 is 1.86 bits per heavy atom. The molecule has 21 heavy (non-hydrogen) atoms. The van der Waals surface area contributed by atoms with Gasteiger partial charge in [0.15, 0.2) is 0 Å². The third-order valence-corrected chi connectivity index (χ3v) is 3.82. The maximum absolute atomic E-state index is 14.0. The number of hydrogen-bond acceptors (Lipinski definition) is 1. The van der Waals surface area contributed by atoms with Crippen molar-refractivity contribution in [2.24, 2.45) is 0 Å². The molecule has 5 heteroatoms. The molecular weight excluding hydrogens is 315 g/mol. The summed E-state index contributed by atoms with van der Waals surface area (Å²) < 4.78 is 27.3. The maximum atomic E-state index is 14.0. The molecule has 2 aromatic carbocycles. The molecule has 2 rings (SSSR count). The average Bonchev–Trinajstić information content (AvgIpc) is 2.45. The van der Waals surface area contributed by atoms with Gasteiger partial charge in [-0.05, 0) is 54.9 Å². The van der Waals surface area contributed by atoms with Gasteiger partial charge in [0.1, 0.15) is 11.6 Å². The Kier molecular flexibility index (Phi) is 5.57. The summed E-state index contributed by atoms with van der Waals surface area (Å²) >= 11 is 12.1. The third-order valence-electron chi connectivity index (χ3n) is 3.22. The van der Waals surface area contributed by atoms with Crippen molar-refractivity contribution in [3.63, 3.8) is 0 Å². The van der Waals surface area contributed by atoms with E-state index in [9.17, 15) is 8.78 Å². The molecule has 0 amide bonds. The Hall–Kier alpha value is -1.16. The summed E-state index contributed by atoms with van der Waals surface area (Å²) in [5, 5.41) is 4.27. The minimum atomic E-state index is -0.466. The van der Waals surface area contributed by atoms with Crippen molar-refractivity contribution in [3.8, 4) is 0 Å². The van der Waals surface area contributed by atoms with Crippen LogP contribution in [0.4, 0.5) is 8.78 Å². The lowest BCUT2D eigenvalue weighted by atomic mass is 9.98. The molecule has 0 aliphatic heterocycles. The Morgan fingerprint density at radius 1 is 1.10 bits per heavy atom. The molecule has 0 heterocycles. The van der Waals surface area contributed by atoms with Crippen LogP contribution in [-0.2, 0) is 6.42 Å². The summed E-state index contributed by atoms with van der Waals surface area (Å²) in [5.74, 6) is -0.910. The zero-order valence-corrected chi connectivity index (χ0v) is 13.0. The van der Waals surface area contributed by atoms with Crippen molar-refractivity contribution < 1.29 is 8.78 Å². The maximum Gasteiger partial charge on any atom is 0.128 e. The van der Waals surface area contributed by atoms with Gasteiger partial charge < -0.3 is 5.32 Å². The van der Waals surface area contributed by atoms with Gasteiger partial charge in [-0.15, -0.1) is 0 Å². The fourth-order valence-corrected chi connectivity index (χ4v) is 2.63. The normalized spacial score (nSPS) is 12.4. The van der Waals surface area contributed by atoms with Crippen LogP contribution in [0.5, 0.6) is 0 Å². The molecule has 1 atom stereocenters. The van der Waals surface area contributed by atoms with E-state index in [2.05, 4.69) is 5.32 Å². The molecule has 112 valence electrons. The number of benzene rings is 2. The van der Waals surface area contributed by atoms with Crippen molar-refractivity contribution in [1.29, 1.82) is 0 Å². The predicted molar refractivity (Wildman–Crippen MR) is 82.9 cm³/mol. The minimum Gasteiger partial charge on any atom is -0.310 e. The quantitative estimate of drug-likeness (QED) is 0.798. The Balaban J connectivity index is 2.35. The highest BCUT2D eigenvalue weighted by molar-refractivity contribution is 6.33. The predicted octanol–water partition coefficient (Wildman–Crippen LogP) is 5.16. The first-order valence-corrected chi connectivity index (χ1v) is 7.39. The lowest BCUT2D eigenvalue weighted by molar-refractivity contribution is 0.502. The summed E-state index contributed by atoms with van der Waals surface area (Å²) in [6.45, 7) is 2.53. The van der Waals surface area contributed by atoms with Gasteiger partial charge in [-0.25, -0.2) is 8.78 Å². The average molecular weight is 330 g/mol. The van der Waals surface area contributed by atoms with Gasteiger partial charge in [-0.1, -0.05) is 30.1 Å². The number of likely N-dealkylation sites (N-methyl/N-ethyl adjacent to an activating group) is 1. The zero-order chi connectivity index (χ0) is 15.4. The highest BCUT2D eigenvalue weighted by Gasteiger charge is 2.18. The van der Waals surface area contributed by atoms with Crippen molar-refractivity contribution in [3.05, 3.63) is 69.2 Å². The molecule has 0 saturated heterocycles. The van der Waals surface area contributed by atoms with Crippen molar-refractivity contribution in [1.82, 2.24) is 5.32 Å².